The van der Waals surface area contributed by atoms with Crippen LogP contribution >= 0.6 is 0 Å². The second kappa shape index (κ2) is 3.58. The van der Waals surface area contributed by atoms with Crippen LogP contribution in [0.25, 0.3) is 10.9 Å². The van der Waals surface area contributed by atoms with Crippen molar-refractivity contribution in [1.82, 2.24) is 4.73 Å². The number of fused-ring (bicyclic) bond motifs is 1. The van der Waals surface area contributed by atoms with Crippen LogP contribution in [0.3, 0.4) is 0 Å². The Balaban J connectivity index is 2.66. The highest BCUT2D eigenvalue weighted by molar-refractivity contribution is 5.83. The van der Waals surface area contributed by atoms with Gasteiger partial charge in [-0.05, 0) is 18.1 Å². The summed E-state index contributed by atoms with van der Waals surface area (Å²) in [6.45, 7) is 3.75. The van der Waals surface area contributed by atoms with Gasteiger partial charge in [0.25, 0.3) is 0 Å². The average Bonchev–Trinajstić information content (AvgIpc) is 2.58. The van der Waals surface area contributed by atoms with Crippen LogP contribution in [-0.4, -0.2) is 11.8 Å². The number of allylic oxidation sites excluding steroid dienone is 1. The quantitative estimate of drug-likeness (QED) is 0.673. The third-order valence-corrected chi connectivity index (χ3v) is 2.32. The minimum Gasteiger partial charge on any atom is -0.417 e. The van der Waals surface area contributed by atoms with E-state index in [9.17, 15) is 0 Å². The molecular weight excluding hydrogens is 174 g/mol. The molecule has 0 saturated carbocycles. The van der Waals surface area contributed by atoms with Crippen molar-refractivity contribution < 1.29 is 4.84 Å². The van der Waals surface area contributed by atoms with Gasteiger partial charge < -0.3 is 4.84 Å². The van der Waals surface area contributed by atoms with Crippen molar-refractivity contribution in [2.24, 2.45) is 0 Å². The fourth-order valence-electron chi connectivity index (χ4n) is 1.69. The van der Waals surface area contributed by atoms with Crippen LogP contribution in [0, 0.1) is 0 Å². The maximum absolute atomic E-state index is 5.24. The van der Waals surface area contributed by atoms with Crippen LogP contribution in [0.1, 0.15) is 5.56 Å². The minimum atomic E-state index is 0.872. The van der Waals surface area contributed by atoms with Crippen molar-refractivity contribution >= 4 is 10.9 Å². The summed E-state index contributed by atoms with van der Waals surface area (Å²) in [6.07, 6.45) is 4.78. The molecule has 0 unspecified atom stereocenters. The van der Waals surface area contributed by atoms with Gasteiger partial charge in [0, 0.05) is 11.6 Å². The second-order valence-corrected chi connectivity index (χ2v) is 3.17. The lowest BCUT2D eigenvalue weighted by molar-refractivity contribution is 0.179. The van der Waals surface area contributed by atoms with Crippen molar-refractivity contribution in [2.45, 2.75) is 6.42 Å². The summed E-state index contributed by atoms with van der Waals surface area (Å²) < 4.78 is 1.79. The Kier molecular flexibility index (Phi) is 2.27. The Hall–Kier alpha value is -1.70. The summed E-state index contributed by atoms with van der Waals surface area (Å²) in [4.78, 5) is 5.24. The van der Waals surface area contributed by atoms with Gasteiger partial charge in [-0.2, -0.15) is 4.73 Å². The summed E-state index contributed by atoms with van der Waals surface area (Å²) in [7, 11) is 1.67. The third kappa shape index (κ3) is 1.29. The van der Waals surface area contributed by atoms with Gasteiger partial charge in [0.05, 0.1) is 5.52 Å². The topological polar surface area (TPSA) is 14.2 Å². The average molecular weight is 187 g/mol. The molecule has 0 saturated heterocycles. The van der Waals surface area contributed by atoms with Gasteiger partial charge in [-0.3, -0.25) is 0 Å². The first-order valence-corrected chi connectivity index (χ1v) is 4.61. The molecule has 1 aromatic heterocycles. The number of benzene rings is 1. The van der Waals surface area contributed by atoms with Crippen LogP contribution in [0.2, 0.25) is 0 Å². The first-order chi connectivity index (χ1) is 6.86. The molecule has 0 amide bonds. The molecule has 2 heteroatoms. The molecule has 0 radical (unpaired) electrons. The van der Waals surface area contributed by atoms with Gasteiger partial charge in [-0.15, -0.1) is 6.58 Å². The second-order valence-electron chi connectivity index (χ2n) is 3.17. The Bertz CT molecular complexity index is 456. The number of para-hydroxylation sites is 1. The lowest BCUT2D eigenvalue weighted by atomic mass is 10.1. The Morgan fingerprint density at radius 1 is 1.43 bits per heavy atom. The number of rotatable bonds is 3. The summed E-state index contributed by atoms with van der Waals surface area (Å²) in [5, 5.41) is 1.23. The maximum Gasteiger partial charge on any atom is 0.104 e. The summed E-state index contributed by atoms with van der Waals surface area (Å²) in [5.74, 6) is 0. The number of aromatic nitrogens is 1. The normalized spacial score (nSPS) is 10.4. The van der Waals surface area contributed by atoms with Crippen LogP contribution in [0.4, 0.5) is 0 Å². The predicted molar refractivity (Wildman–Crippen MR) is 58.3 cm³/mol. The fraction of sp³-hybridized carbons (Fsp3) is 0.167. The van der Waals surface area contributed by atoms with Gasteiger partial charge in [-0.1, -0.05) is 24.3 Å². The van der Waals surface area contributed by atoms with E-state index < -0.39 is 0 Å². The van der Waals surface area contributed by atoms with Crippen molar-refractivity contribution in [3.63, 3.8) is 0 Å². The highest BCUT2D eigenvalue weighted by atomic mass is 16.6. The first kappa shape index (κ1) is 8.88. The molecule has 0 aliphatic heterocycles. The van der Waals surface area contributed by atoms with Gasteiger partial charge >= 0.3 is 0 Å². The molecule has 2 aromatic rings. The zero-order valence-electron chi connectivity index (χ0n) is 8.23. The smallest absolute Gasteiger partial charge is 0.104 e. The largest absolute Gasteiger partial charge is 0.417 e. The van der Waals surface area contributed by atoms with Crippen molar-refractivity contribution in [2.75, 3.05) is 7.11 Å². The zero-order valence-corrected chi connectivity index (χ0v) is 8.23. The van der Waals surface area contributed by atoms with E-state index in [0.717, 1.165) is 11.9 Å². The Labute approximate surface area is 83.4 Å². The van der Waals surface area contributed by atoms with E-state index in [1.165, 1.54) is 10.9 Å². The van der Waals surface area contributed by atoms with Crippen molar-refractivity contribution in [1.29, 1.82) is 0 Å². The highest BCUT2D eigenvalue weighted by Gasteiger charge is 2.05. The van der Waals surface area contributed by atoms with Crippen LogP contribution in [-0.2, 0) is 6.42 Å². The molecule has 2 nitrogen and oxygen atoms in total. The Morgan fingerprint density at radius 2 is 2.21 bits per heavy atom. The van der Waals surface area contributed by atoms with E-state index in [2.05, 4.69) is 12.6 Å². The molecule has 0 bridgehead atoms. The lowest BCUT2D eigenvalue weighted by Gasteiger charge is -2.00. The third-order valence-electron chi connectivity index (χ3n) is 2.32. The zero-order chi connectivity index (χ0) is 9.97. The van der Waals surface area contributed by atoms with Crippen molar-refractivity contribution in [3.05, 3.63) is 48.7 Å². The molecule has 2 rings (SSSR count). The maximum atomic E-state index is 5.24. The molecule has 0 fully saturated rings. The van der Waals surface area contributed by atoms with Gasteiger partial charge in [0.1, 0.15) is 7.11 Å². The number of hydrogen-bond acceptors (Lipinski definition) is 1. The van der Waals surface area contributed by atoms with Crippen LogP contribution in [0.5, 0.6) is 0 Å². The summed E-state index contributed by atoms with van der Waals surface area (Å²) in [6, 6.07) is 8.19. The highest BCUT2D eigenvalue weighted by Crippen LogP contribution is 2.20. The molecule has 0 spiro atoms. The van der Waals surface area contributed by atoms with Crippen LogP contribution in [0.15, 0.2) is 43.1 Å². The van der Waals surface area contributed by atoms with E-state index in [-0.39, 0.29) is 0 Å². The van der Waals surface area contributed by atoms with E-state index in [1.54, 1.807) is 11.8 Å². The molecule has 0 N–H and O–H groups in total. The molecule has 0 aliphatic carbocycles. The van der Waals surface area contributed by atoms with E-state index in [1.807, 2.05) is 30.5 Å². The number of hydrogen-bond donors (Lipinski definition) is 0. The molecular formula is C12H13NO. The van der Waals surface area contributed by atoms with Crippen LogP contribution < -0.4 is 4.84 Å². The fourth-order valence-corrected chi connectivity index (χ4v) is 1.69. The summed E-state index contributed by atoms with van der Waals surface area (Å²) in [5.41, 5.74) is 2.35. The Morgan fingerprint density at radius 3 is 2.93 bits per heavy atom. The van der Waals surface area contributed by atoms with Crippen molar-refractivity contribution in [3.8, 4) is 0 Å². The molecule has 0 aliphatic rings. The first-order valence-electron chi connectivity index (χ1n) is 4.61. The van der Waals surface area contributed by atoms with Gasteiger partial charge in [0.2, 0.25) is 0 Å². The molecule has 1 aromatic carbocycles. The monoisotopic (exact) mass is 187 g/mol. The van der Waals surface area contributed by atoms with Gasteiger partial charge in [-0.25, -0.2) is 0 Å². The van der Waals surface area contributed by atoms with Gasteiger partial charge in [0.15, 0.2) is 0 Å². The summed E-state index contributed by atoms with van der Waals surface area (Å²) >= 11 is 0. The minimum absolute atomic E-state index is 0.872. The SMILES string of the molecule is C=CCc1cn(OC)c2ccccc12. The molecule has 0 atom stereocenters. The van der Waals surface area contributed by atoms with E-state index >= 15 is 0 Å². The predicted octanol–water partition coefficient (Wildman–Crippen LogP) is 2.43. The standard InChI is InChI=1S/C12H13NO/c1-3-6-10-9-13(14-2)12-8-5-4-7-11(10)12/h3-5,7-9H,1,6H2,2H3. The van der Waals surface area contributed by atoms with E-state index in [0.29, 0.717) is 0 Å². The molecule has 14 heavy (non-hydrogen) atoms. The molecule has 72 valence electrons. The van der Waals surface area contributed by atoms with E-state index in [4.69, 9.17) is 4.84 Å². The number of nitrogens with zero attached hydrogens (tertiary/aromatic N) is 1. The molecule has 1 heterocycles. The lowest BCUT2D eigenvalue weighted by Crippen LogP contribution is -2.02.